The molecule has 18 heavy (non-hydrogen) atoms. The van der Waals surface area contributed by atoms with Crippen LogP contribution >= 0.6 is 39.1 Å². The fraction of sp³-hybridized carbons (Fsp3) is 0.0769. The van der Waals surface area contributed by atoms with Crippen molar-refractivity contribution in [3.8, 4) is 11.5 Å². The lowest BCUT2D eigenvalue weighted by atomic mass is 10.2. The number of benzene rings is 2. The average molecular weight is 350 g/mol. The Morgan fingerprint density at radius 2 is 1.83 bits per heavy atom. The maximum atomic E-state index is 13.1. The third-order valence-electron chi connectivity index (χ3n) is 2.28. The second-order valence-corrected chi connectivity index (χ2v) is 4.97. The van der Waals surface area contributed by atoms with Crippen molar-refractivity contribution in [2.45, 2.75) is 5.33 Å². The summed E-state index contributed by atoms with van der Waals surface area (Å²) in [5, 5.41) is 1.55. The van der Waals surface area contributed by atoms with Crippen molar-refractivity contribution in [1.29, 1.82) is 0 Å². The molecular formula is C13H8BrCl2FO. The van der Waals surface area contributed by atoms with E-state index in [4.69, 9.17) is 27.9 Å². The topological polar surface area (TPSA) is 9.23 Å². The molecule has 0 aliphatic heterocycles. The van der Waals surface area contributed by atoms with E-state index in [1.807, 2.05) is 0 Å². The SMILES string of the molecule is Fc1ccc(Cl)c(Oc2ccc(Cl)cc2CBr)c1. The summed E-state index contributed by atoms with van der Waals surface area (Å²) in [6.45, 7) is 0. The van der Waals surface area contributed by atoms with Crippen LogP contribution in [0.25, 0.3) is 0 Å². The smallest absolute Gasteiger partial charge is 0.148 e. The monoisotopic (exact) mass is 348 g/mol. The van der Waals surface area contributed by atoms with E-state index in [1.165, 1.54) is 18.2 Å². The number of ether oxygens (including phenoxy) is 1. The van der Waals surface area contributed by atoms with Gasteiger partial charge in [0.1, 0.15) is 17.3 Å². The molecule has 0 N–H and O–H groups in total. The average Bonchev–Trinajstić information content (AvgIpc) is 2.36. The molecule has 5 heteroatoms. The van der Waals surface area contributed by atoms with Crippen LogP contribution in [0.5, 0.6) is 11.5 Å². The predicted octanol–water partition coefficient (Wildman–Crippen LogP) is 5.82. The molecule has 0 spiro atoms. The van der Waals surface area contributed by atoms with Gasteiger partial charge in [0.15, 0.2) is 0 Å². The second kappa shape index (κ2) is 5.91. The van der Waals surface area contributed by atoms with Gasteiger partial charge >= 0.3 is 0 Å². The van der Waals surface area contributed by atoms with E-state index in [0.717, 1.165) is 5.56 Å². The lowest BCUT2D eigenvalue weighted by Gasteiger charge is -2.11. The van der Waals surface area contributed by atoms with Crippen LogP contribution in [-0.2, 0) is 5.33 Å². The van der Waals surface area contributed by atoms with Crippen molar-refractivity contribution < 1.29 is 9.13 Å². The lowest BCUT2D eigenvalue weighted by molar-refractivity contribution is 0.473. The summed E-state index contributed by atoms with van der Waals surface area (Å²) in [4.78, 5) is 0. The Hall–Kier alpha value is -0.770. The minimum absolute atomic E-state index is 0.279. The quantitative estimate of drug-likeness (QED) is 0.634. The molecular weight excluding hydrogens is 342 g/mol. The van der Waals surface area contributed by atoms with Crippen molar-refractivity contribution in [3.63, 3.8) is 0 Å². The molecule has 0 saturated heterocycles. The van der Waals surface area contributed by atoms with Crippen LogP contribution < -0.4 is 4.74 Å². The number of hydrogen-bond acceptors (Lipinski definition) is 1. The molecule has 0 saturated carbocycles. The highest BCUT2D eigenvalue weighted by Gasteiger charge is 2.08. The van der Waals surface area contributed by atoms with Crippen LogP contribution in [0.4, 0.5) is 4.39 Å². The molecule has 2 rings (SSSR count). The Morgan fingerprint density at radius 1 is 1.06 bits per heavy atom. The van der Waals surface area contributed by atoms with Crippen LogP contribution in [-0.4, -0.2) is 0 Å². The van der Waals surface area contributed by atoms with Crippen LogP contribution in [0.3, 0.4) is 0 Å². The second-order valence-electron chi connectivity index (χ2n) is 3.56. The Balaban J connectivity index is 2.36. The van der Waals surface area contributed by atoms with Gasteiger partial charge in [-0.15, -0.1) is 0 Å². The third-order valence-corrected chi connectivity index (χ3v) is 3.43. The molecule has 0 aromatic heterocycles. The number of rotatable bonds is 3. The molecule has 2 aromatic rings. The van der Waals surface area contributed by atoms with E-state index in [9.17, 15) is 4.39 Å². The van der Waals surface area contributed by atoms with Crippen molar-refractivity contribution in [2.75, 3.05) is 0 Å². The highest BCUT2D eigenvalue weighted by molar-refractivity contribution is 9.08. The largest absolute Gasteiger partial charge is 0.455 e. The first kappa shape index (κ1) is 13.7. The maximum absolute atomic E-state index is 13.1. The number of halogens is 4. The molecule has 0 amide bonds. The highest BCUT2D eigenvalue weighted by Crippen LogP contribution is 2.33. The summed E-state index contributed by atoms with van der Waals surface area (Å²) in [7, 11) is 0. The third kappa shape index (κ3) is 3.16. The van der Waals surface area contributed by atoms with Gasteiger partial charge in [0.05, 0.1) is 5.02 Å². The summed E-state index contributed by atoms with van der Waals surface area (Å²) >= 11 is 15.2. The first-order valence-electron chi connectivity index (χ1n) is 5.07. The highest BCUT2D eigenvalue weighted by atomic mass is 79.9. The van der Waals surface area contributed by atoms with E-state index in [0.29, 0.717) is 21.1 Å². The van der Waals surface area contributed by atoms with Gasteiger partial charge in [-0.05, 0) is 30.3 Å². The zero-order valence-corrected chi connectivity index (χ0v) is 12.2. The van der Waals surface area contributed by atoms with Crippen LogP contribution in [0.2, 0.25) is 10.0 Å². The fourth-order valence-electron chi connectivity index (χ4n) is 1.43. The minimum atomic E-state index is -0.399. The molecule has 0 atom stereocenters. The Kier molecular flexibility index (Phi) is 4.49. The first-order valence-corrected chi connectivity index (χ1v) is 6.95. The normalized spacial score (nSPS) is 10.4. The molecule has 1 nitrogen and oxygen atoms in total. The molecule has 0 heterocycles. The molecule has 0 bridgehead atoms. The summed E-state index contributed by atoms with van der Waals surface area (Å²) in [6.07, 6.45) is 0. The zero-order valence-electron chi connectivity index (χ0n) is 9.09. The molecule has 0 radical (unpaired) electrons. The van der Waals surface area contributed by atoms with Crippen LogP contribution in [0.1, 0.15) is 5.56 Å². The number of alkyl halides is 1. The van der Waals surface area contributed by atoms with E-state index in [1.54, 1.807) is 18.2 Å². The van der Waals surface area contributed by atoms with Gasteiger partial charge in [0.25, 0.3) is 0 Å². The molecule has 0 aliphatic rings. The molecule has 0 unspecified atom stereocenters. The number of hydrogen-bond donors (Lipinski definition) is 0. The van der Waals surface area contributed by atoms with Gasteiger partial charge in [-0.25, -0.2) is 4.39 Å². The summed E-state index contributed by atoms with van der Waals surface area (Å²) < 4.78 is 18.7. The van der Waals surface area contributed by atoms with Gasteiger partial charge in [0.2, 0.25) is 0 Å². The van der Waals surface area contributed by atoms with Crippen LogP contribution in [0, 0.1) is 5.82 Å². The Bertz CT molecular complexity index is 575. The minimum Gasteiger partial charge on any atom is -0.455 e. The molecule has 94 valence electrons. The van der Waals surface area contributed by atoms with Gasteiger partial charge in [-0.2, -0.15) is 0 Å². The van der Waals surface area contributed by atoms with Gasteiger partial charge in [-0.1, -0.05) is 39.1 Å². The Labute approximate surface area is 123 Å². The summed E-state index contributed by atoms with van der Waals surface area (Å²) in [5.74, 6) is 0.466. The summed E-state index contributed by atoms with van der Waals surface area (Å²) in [5.41, 5.74) is 0.864. The van der Waals surface area contributed by atoms with Crippen molar-refractivity contribution in [1.82, 2.24) is 0 Å². The van der Waals surface area contributed by atoms with Crippen molar-refractivity contribution in [3.05, 3.63) is 57.8 Å². The van der Waals surface area contributed by atoms with E-state index in [2.05, 4.69) is 15.9 Å². The predicted molar refractivity (Wildman–Crippen MR) is 75.6 cm³/mol. The molecule has 0 fully saturated rings. The molecule has 2 aromatic carbocycles. The first-order chi connectivity index (χ1) is 8.60. The maximum Gasteiger partial charge on any atom is 0.148 e. The Morgan fingerprint density at radius 3 is 2.56 bits per heavy atom. The van der Waals surface area contributed by atoms with Crippen LogP contribution in [0.15, 0.2) is 36.4 Å². The van der Waals surface area contributed by atoms with Gasteiger partial charge in [-0.3, -0.25) is 0 Å². The standard InChI is InChI=1S/C13H8BrCl2FO/c14-7-8-5-9(15)1-4-12(8)18-13-6-10(17)2-3-11(13)16/h1-6H,7H2. The lowest BCUT2D eigenvalue weighted by Crippen LogP contribution is -1.91. The van der Waals surface area contributed by atoms with E-state index < -0.39 is 5.82 Å². The fourth-order valence-corrected chi connectivity index (χ4v) is 2.21. The molecule has 0 aliphatic carbocycles. The summed E-state index contributed by atoms with van der Waals surface area (Å²) in [6, 6.07) is 9.18. The zero-order chi connectivity index (χ0) is 13.1. The van der Waals surface area contributed by atoms with Gasteiger partial charge < -0.3 is 4.74 Å². The van der Waals surface area contributed by atoms with Crippen molar-refractivity contribution in [2.24, 2.45) is 0 Å². The van der Waals surface area contributed by atoms with Crippen molar-refractivity contribution >= 4 is 39.1 Å². The van der Waals surface area contributed by atoms with E-state index in [-0.39, 0.29) is 5.75 Å². The van der Waals surface area contributed by atoms with E-state index >= 15 is 0 Å². The van der Waals surface area contributed by atoms with Gasteiger partial charge in [0, 0.05) is 22.0 Å².